The Morgan fingerprint density at radius 3 is 2.63 bits per heavy atom. The van der Waals surface area contributed by atoms with Gasteiger partial charge in [0.25, 0.3) is 0 Å². The number of hydrogen-bond acceptors (Lipinski definition) is 4. The second-order valence-corrected chi connectivity index (χ2v) is 12.5. The van der Waals surface area contributed by atoms with E-state index in [0.29, 0.717) is 29.8 Å². The number of morpholine rings is 1. The van der Waals surface area contributed by atoms with Crippen LogP contribution in [0.2, 0.25) is 5.02 Å². The second-order valence-electron chi connectivity index (χ2n) is 9.80. The van der Waals surface area contributed by atoms with Crippen LogP contribution in [-0.2, 0) is 25.7 Å². The number of sulfone groups is 1. The first-order valence-electron chi connectivity index (χ1n) is 12.6. The van der Waals surface area contributed by atoms with Crippen LogP contribution in [0.3, 0.4) is 0 Å². The molecular weight excluding hydrogens is 485 g/mol. The van der Waals surface area contributed by atoms with Crippen LogP contribution in [0.15, 0.2) is 60.0 Å². The molecule has 1 aliphatic heterocycles. The van der Waals surface area contributed by atoms with Crippen LogP contribution in [0.4, 0.5) is 4.39 Å². The highest BCUT2D eigenvalue weighted by Gasteiger charge is 2.50. The average molecular weight is 520 g/mol. The molecule has 0 N–H and O–H groups in total. The Morgan fingerprint density at radius 1 is 1.17 bits per heavy atom. The van der Waals surface area contributed by atoms with Crippen LogP contribution in [0.25, 0.3) is 0 Å². The zero-order valence-corrected chi connectivity index (χ0v) is 21.8. The highest BCUT2D eigenvalue weighted by molar-refractivity contribution is 7.92. The maximum atomic E-state index is 14.6. The van der Waals surface area contributed by atoms with Crippen LogP contribution in [0.5, 0.6) is 0 Å². The first-order chi connectivity index (χ1) is 16.9. The van der Waals surface area contributed by atoms with Crippen molar-refractivity contribution in [3.63, 3.8) is 0 Å². The smallest absolute Gasteiger partial charge is 0.188 e. The number of benzene rings is 2. The molecule has 2 fully saturated rings. The Labute approximate surface area is 214 Å². The van der Waals surface area contributed by atoms with Crippen LogP contribution in [0.1, 0.15) is 49.7 Å². The molecule has 1 aliphatic carbocycles. The summed E-state index contributed by atoms with van der Waals surface area (Å²) in [5.74, 6) is -0.153. The van der Waals surface area contributed by atoms with E-state index in [1.54, 1.807) is 36.4 Å². The lowest BCUT2D eigenvalue weighted by Crippen LogP contribution is -2.42. The molecule has 2 atom stereocenters. The third-order valence-corrected chi connectivity index (χ3v) is 10.3. The second kappa shape index (κ2) is 11.5. The van der Waals surface area contributed by atoms with Crippen molar-refractivity contribution in [2.75, 3.05) is 32.8 Å². The number of ether oxygens (including phenoxy) is 1. The van der Waals surface area contributed by atoms with Gasteiger partial charge in [-0.1, -0.05) is 36.6 Å². The molecule has 1 saturated heterocycles. The van der Waals surface area contributed by atoms with E-state index in [1.165, 1.54) is 12.1 Å². The summed E-state index contributed by atoms with van der Waals surface area (Å²) >= 11 is 6.06. The summed E-state index contributed by atoms with van der Waals surface area (Å²) in [4.78, 5) is 2.66. The largest absolute Gasteiger partial charge is 0.379 e. The van der Waals surface area contributed by atoms with Gasteiger partial charge >= 0.3 is 0 Å². The van der Waals surface area contributed by atoms with E-state index in [4.69, 9.17) is 16.3 Å². The van der Waals surface area contributed by atoms with Crippen molar-refractivity contribution in [1.29, 1.82) is 0 Å². The van der Waals surface area contributed by atoms with Crippen molar-refractivity contribution in [2.45, 2.75) is 54.6 Å². The van der Waals surface area contributed by atoms with Gasteiger partial charge in [-0.3, -0.25) is 4.90 Å². The van der Waals surface area contributed by atoms with Gasteiger partial charge in [-0.05, 0) is 92.1 Å². The molecule has 35 heavy (non-hydrogen) atoms. The zero-order chi connectivity index (χ0) is 24.9. The van der Waals surface area contributed by atoms with E-state index >= 15 is 0 Å². The van der Waals surface area contributed by atoms with Crippen LogP contribution < -0.4 is 0 Å². The molecule has 2 aromatic rings. The average Bonchev–Trinajstić information content (AvgIpc) is 2.86. The third kappa shape index (κ3) is 5.82. The normalized spacial score (nSPS) is 23.8. The van der Waals surface area contributed by atoms with Gasteiger partial charge in [0.15, 0.2) is 9.84 Å². The van der Waals surface area contributed by atoms with Gasteiger partial charge in [0.05, 0.1) is 18.1 Å². The molecule has 190 valence electrons. The SMILES string of the molecule is C=CCc1ccc(F)cc1[C@]1(S(=O)(=O)c2ccc(Cl)cc2)CCC[C@@H](CCCN2CCOCC2)C1. The molecule has 0 unspecified atom stereocenters. The molecule has 2 aromatic carbocycles. The fourth-order valence-electron chi connectivity index (χ4n) is 5.80. The quantitative estimate of drug-likeness (QED) is 0.371. The summed E-state index contributed by atoms with van der Waals surface area (Å²) in [5, 5.41) is 0.487. The Balaban J connectivity index is 1.68. The number of nitrogens with zero attached hydrogens (tertiary/aromatic N) is 1. The third-order valence-electron chi connectivity index (χ3n) is 7.57. The number of allylic oxidation sites excluding steroid dienone is 1. The van der Waals surface area contributed by atoms with Crippen molar-refractivity contribution in [3.8, 4) is 0 Å². The zero-order valence-electron chi connectivity index (χ0n) is 20.2. The van der Waals surface area contributed by atoms with Gasteiger partial charge in [0, 0.05) is 18.1 Å². The summed E-state index contributed by atoms with van der Waals surface area (Å²) in [6.45, 7) is 8.30. The van der Waals surface area contributed by atoms with Crippen molar-refractivity contribution in [1.82, 2.24) is 4.90 Å². The molecular formula is C28H35ClFNO3S. The van der Waals surface area contributed by atoms with Gasteiger partial charge in [-0.15, -0.1) is 6.58 Å². The van der Waals surface area contributed by atoms with E-state index < -0.39 is 20.4 Å². The lowest BCUT2D eigenvalue weighted by Gasteiger charge is -2.42. The standard InChI is InChI=1S/C28H35ClFNO3S/c1-2-5-23-8-11-25(30)20-27(23)28(35(32,33)26-12-9-24(29)10-13-26)14-3-6-22(21-28)7-4-15-31-16-18-34-19-17-31/h2,8-13,20,22H,1,3-7,14-19,21H2/t22-,28-/m0/s1. The van der Waals surface area contributed by atoms with E-state index in [1.807, 2.05) is 0 Å². The minimum Gasteiger partial charge on any atom is -0.379 e. The van der Waals surface area contributed by atoms with Crippen molar-refractivity contribution >= 4 is 21.4 Å². The summed E-state index contributed by atoms with van der Waals surface area (Å²) in [7, 11) is -3.82. The van der Waals surface area contributed by atoms with Crippen molar-refractivity contribution < 1.29 is 17.5 Å². The molecule has 0 bridgehead atoms. The predicted molar refractivity (Wildman–Crippen MR) is 139 cm³/mol. The summed E-state index contributed by atoms with van der Waals surface area (Å²) < 4.78 is 47.6. The molecule has 7 heteroatoms. The van der Waals surface area contributed by atoms with Crippen molar-refractivity contribution in [2.24, 2.45) is 5.92 Å². The molecule has 0 radical (unpaired) electrons. The minimum absolute atomic E-state index is 0.240. The summed E-state index contributed by atoms with van der Waals surface area (Å²) in [6.07, 6.45) is 6.98. The first-order valence-corrected chi connectivity index (χ1v) is 14.4. The first kappa shape index (κ1) is 26.3. The molecule has 4 rings (SSSR count). The molecule has 4 nitrogen and oxygen atoms in total. The number of hydrogen-bond donors (Lipinski definition) is 0. The van der Waals surface area contributed by atoms with Gasteiger partial charge in [-0.2, -0.15) is 0 Å². The molecule has 0 spiro atoms. The van der Waals surface area contributed by atoms with Gasteiger partial charge in [0.2, 0.25) is 0 Å². The van der Waals surface area contributed by atoms with Crippen LogP contribution in [0, 0.1) is 11.7 Å². The van der Waals surface area contributed by atoms with E-state index in [-0.39, 0.29) is 10.8 Å². The Hall–Kier alpha value is -1.73. The monoisotopic (exact) mass is 519 g/mol. The van der Waals surface area contributed by atoms with Gasteiger partial charge in [0.1, 0.15) is 10.6 Å². The number of rotatable bonds is 9. The molecule has 1 heterocycles. The Kier molecular flexibility index (Phi) is 8.69. The van der Waals surface area contributed by atoms with E-state index in [0.717, 1.165) is 64.1 Å². The lowest BCUT2D eigenvalue weighted by molar-refractivity contribution is 0.0363. The highest BCUT2D eigenvalue weighted by atomic mass is 35.5. The summed E-state index contributed by atoms with van der Waals surface area (Å²) in [5.41, 5.74) is 1.41. The Morgan fingerprint density at radius 2 is 1.91 bits per heavy atom. The lowest BCUT2D eigenvalue weighted by atomic mass is 9.74. The van der Waals surface area contributed by atoms with Crippen LogP contribution in [-0.4, -0.2) is 46.2 Å². The molecule has 0 aromatic heterocycles. The van der Waals surface area contributed by atoms with Crippen molar-refractivity contribution in [3.05, 3.63) is 77.1 Å². The van der Waals surface area contributed by atoms with Gasteiger partial charge < -0.3 is 4.74 Å². The minimum atomic E-state index is -3.82. The Bertz CT molecular complexity index is 1120. The van der Waals surface area contributed by atoms with Gasteiger partial charge in [-0.25, -0.2) is 12.8 Å². The predicted octanol–water partition coefficient (Wildman–Crippen LogP) is 6.18. The fraction of sp³-hybridized carbons (Fsp3) is 0.500. The van der Waals surface area contributed by atoms with E-state index in [9.17, 15) is 12.8 Å². The number of halogens is 2. The molecule has 2 aliphatic rings. The fourth-order valence-corrected chi connectivity index (χ4v) is 8.22. The summed E-state index contributed by atoms with van der Waals surface area (Å²) in [6, 6.07) is 11.0. The van der Waals surface area contributed by atoms with E-state index in [2.05, 4.69) is 11.5 Å². The molecule has 0 amide bonds. The van der Waals surface area contributed by atoms with Crippen LogP contribution >= 0.6 is 11.6 Å². The topological polar surface area (TPSA) is 46.6 Å². The highest BCUT2D eigenvalue weighted by Crippen LogP contribution is 2.51. The maximum Gasteiger partial charge on any atom is 0.188 e. The molecule has 1 saturated carbocycles. The maximum absolute atomic E-state index is 14.6.